The van der Waals surface area contributed by atoms with Crippen LogP contribution in [-0.2, 0) is 11.3 Å². The van der Waals surface area contributed by atoms with E-state index in [4.69, 9.17) is 10.5 Å². The van der Waals surface area contributed by atoms with E-state index >= 15 is 0 Å². The van der Waals surface area contributed by atoms with E-state index in [0.29, 0.717) is 59.8 Å². The number of carboxylic acids is 1. The first-order valence-electron chi connectivity index (χ1n) is 12.6. The van der Waals surface area contributed by atoms with Crippen molar-refractivity contribution in [3.63, 3.8) is 0 Å². The van der Waals surface area contributed by atoms with Gasteiger partial charge in [-0.1, -0.05) is 11.8 Å². The molecule has 2 heterocycles. The van der Waals surface area contributed by atoms with Crippen LogP contribution in [0.25, 0.3) is 10.9 Å². The maximum absolute atomic E-state index is 13.8. The van der Waals surface area contributed by atoms with E-state index in [1.165, 1.54) is 0 Å². The fourth-order valence-corrected chi connectivity index (χ4v) is 5.08. The zero-order chi connectivity index (χ0) is 28.2. The van der Waals surface area contributed by atoms with Crippen LogP contribution in [0.5, 0.6) is 5.75 Å². The fourth-order valence-electron chi connectivity index (χ4n) is 5.08. The zero-order valence-corrected chi connectivity index (χ0v) is 21.5. The molecule has 0 saturated carbocycles. The molecule has 206 valence electrons. The summed E-state index contributed by atoms with van der Waals surface area (Å²) < 4.78 is 45.9. The van der Waals surface area contributed by atoms with Crippen LogP contribution in [0, 0.1) is 34.7 Å². The Morgan fingerprint density at radius 3 is 2.64 bits per heavy atom. The predicted octanol–water partition coefficient (Wildman–Crippen LogP) is 4.15. The van der Waals surface area contributed by atoms with Crippen molar-refractivity contribution in [2.45, 2.75) is 38.3 Å². The largest absolute Gasteiger partial charge is 0.497 e. The Kier molecular flexibility index (Phi) is 8.75. The van der Waals surface area contributed by atoms with Gasteiger partial charge in [-0.15, -0.1) is 0 Å². The molecule has 3 aromatic rings. The molecule has 1 fully saturated rings. The molecule has 0 radical (unpaired) electrons. The fraction of sp³-hybridized carbons (Fsp3) is 0.379. The van der Waals surface area contributed by atoms with Gasteiger partial charge in [0.15, 0.2) is 11.6 Å². The lowest BCUT2D eigenvalue weighted by Crippen LogP contribution is -2.44. The summed E-state index contributed by atoms with van der Waals surface area (Å²) in [5.74, 6) is 1.43. The third-order valence-electron chi connectivity index (χ3n) is 7.43. The maximum atomic E-state index is 13.8. The molecular formula is C29H30F3N3O4. The number of carboxylic acid groups (broad SMARTS) is 1. The van der Waals surface area contributed by atoms with Gasteiger partial charge in [0.1, 0.15) is 11.6 Å². The van der Waals surface area contributed by atoms with Gasteiger partial charge in [0, 0.05) is 37.3 Å². The van der Waals surface area contributed by atoms with Crippen molar-refractivity contribution in [3.05, 3.63) is 70.7 Å². The van der Waals surface area contributed by atoms with E-state index in [1.807, 2.05) is 4.90 Å². The molecule has 7 nitrogen and oxygen atoms in total. The van der Waals surface area contributed by atoms with E-state index in [-0.39, 0.29) is 31.5 Å². The number of benzene rings is 2. The summed E-state index contributed by atoms with van der Waals surface area (Å²) in [6, 6.07) is 6.65. The minimum Gasteiger partial charge on any atom is -0.497 e. The number of fused-ring (bicyclic) bond motifs is 1. The Labute approximate surface area is 224 Å². The van der Waals surface area contributed by atoms with Crippen LogP contribution in [-0.4, -0.2) is 52.8 Å². The molecular weight excluding hydrogens is 511 g/mol. The number of aliphatic hydroxyl groups is 1. The number of aliphatic hydroxyl groups excluding tert-OH is 1. The average molecular weight is 542 g/mol. The first-order valence-corrected chi connectivity index (χ1v) is 12.6. The van der Waals surface area contributed by atoms with Crippen molar-refractivity contribution in [3.8, 4) is 17.6 Å². The summed E-state index contributed by atoms with van der Waals surface area (Å²) in [6.45, 7) is 1.19. The minimum atomic E-state index is -1.30. The summed E-state index contributed by atoms with van der Waals surface area (Å²) in [6.07, 6.45) is 1.78. The number of hydrogen-bond acceptors (Lipinski definition) is 6. The number of halogens is 3. The molecule has 39 heavy (non-hydrogen) atoms. The van der Waals surface area contributed by atoms with E-state index in [2.05, 4.69) is 16.8 Å². The standard InChI is InChI=1S/C29H30F3N3O4/c1-39-21-4-5-24-22(15-21)26(19(16-33)17-34-24)25(36)6-7-29(28(37)38)8-11-35(12-9-29)10-2-3-18-13-20(30)14-23(31)27(18)32/h4-5,13-15,17,25,36H,6-12,16,33H2,1H3,(H,37,38)/t25-/m0/s1. The third kappa shape index (κ3) is 6.17. The van der Waals surface area contributed by atoms with E-state index in [0.717, 1.165) is 6.07 Å². The third-order valence-corrected chi connectivity index (χ3v) is 7.43. The lowest BCUT2D eigenvalue weighted by Gasteiger charge is -2.38. The van der Waals surface area contributed by atoms with Crippen LogP contribution in [0.4, 0.5) is 13.2 Å². The second-order valence-corrected chi connectivity index (χ2v) is 9.75. The number of rotatable bonds is 8. The molecule has 1 aromatic heterocycles. The molecule has 10 heteroatoms. The van der Waals surface area contributed by atoms with Gasteiger partial charge in [-0.3, -0.25) is 14.7 Å². The van der Waals surface area contributed by atoms with Gasteiger partial charge in [0.2, 0.25) is 0 Å². The Hall–Kier alpha value is -3.65. The molecule has 0 aliphatic carbocycles. The van der Waals surface area contributed by atoms with Gasteiger partial charge >= 0.3 is 5.97 Å². The molecule has 0 bridgehead atoms. The lowest BCUT2D eigenvalue weighted by molar-refractivity contribution is -0.153. The summed E-state index contributed by atoms with van der Waals surface area (Å²) >= 11 is 0. The Balaban J connectivity index is 1.44. The summed E-state index contributed by atoms with van der Waals surface area (Å²) in [5.41, 5.74) is 6.50. The van der Waals surface area contributed by atoms with Crippen LogP contribution in [0.2, 0.25) is 0 Å². The van der Waals surface area contributed by atoms with Crippen LogP contribution < -0.4 is 10.5 Å². The quantitative estimate of drug-likeness (QED) is 0.290. The molecule has 0 spiro atoms. The number of carbonyl (C=O) groups is 1. The number of hydrogen-bond donors (Lipinski definition) is 3. The molecule has 1 saturated heterocycles. The lowest BCUT2D eigenvalue weighted by atomic mass is 9.74. The van der Waals surface area contributed by atoms with Crippen LogP contribution >= 0.6 is 0 Å². The SMILES string of the molecule is COc1ccc2ncc(CN)c([C@@H](O)CCC3(C(=O)O)CCN(CC#Cc4cc(F)cc(F)c4F)CC3)c2c1. The molecule has 0 amide bonds. The van der Waals surface area contributed by atoms with Crippen molar-refractivity contribution in [2.24, 2.45) is 11.1 Å². The summed E-state index contributed by atoms with van der Waals surface area (Å²) in [4.78, 5) is 18.7. The molecule has 1 atom stereocenters. The number of aliphatic carboxylic acids is 1. The maximum Gasteiger partial charge on any atom is 0.309 e. The summed E-state index contributed by atoms with van der Waals surface area (Å²) in [5, 5.41) is 22.1. The first kappa shape index (κ1) is 28.4. The Morgan fingerprint density at radius 2 is 1.97 bits per heavy atom. The van der Waals surface area contributed by atoms with E-state index in [1.54, 1.807) is 31.5 Å². The molecule has 2 aromatic carbocycles. The number of methoxy groups -OCH3 is 1. The van der Waals surface area contributed by atoms with Gasteiger partial charge in [0.05, 0.1) is 36.3 Å². The smallest absolute Gasteiger partial charge is 0.309 e. The number of likely N-dealkylation sites (tertiary alicyclic amines) is 1. The predicted molar refractivity (Wildman–Crippen MR) is 139 cm³/mol. The van der Waals surface area contributed by atoms with Crippen LogP contribution in [0.15, 0.2) is 36.5 Å². The highest BCUT2D eigenvalue weighted by molar-refractivity contribution is 5.85. The van der Waals surface area contributed by atoms with Gasteiger partial charge < -0.3 is 20.7 Å². The highest BCUT2D eigenvalue weighted by Gasteiger charge is 2.41. The number of pyridine rings is 1. The molecule has 1 aliphatic heterocycles. The number of nitrogens with zero attached hydrogens (tertiary/aromatic N) is 2. The van der Waals surface area contributed by atoms with Crippen molar-refractivity contribution in [1.82, 2.24) is 9.88 Å². The van der Waals surface area contributed by atoms with E-state index < -0.39 is 34.9 Å². The van der Waals surface area contributed by atoms with Crippen LogP contribution in [0.3, 0.4) is 0 Å². The Morgan fingerprint density at radius 1 is 1.23 bits per heavy atom. The van der Waals surface area contributed by atoms with Crippen LogP contribution in [0.1, 0.15) is 48.5 Å². The Bertz CT molecular complexity index is 1420. The number of piperidine rings is 1. The van der Waals surface area contributed by atoms with Gasteiger partial charge in [-0.25, -0.2) is 13.2 Å². The first-order chi connectivity index (χ1) is 18.7. The monoisotopic (exact) mass is 541 g/mol. The van der Waals surface area contributed by atoms with Crippen molar-refractivity contribution in [2.75, 3.05) is 26.7 Å². The molecule has 0 unspecified atom stereocenters. The van der Waals surface area contributed by atoms with Crippen molar-refractivity contribution < 1.29 is 32.9 Å². The highest BCUT2D eigenvalue weighted by atomic mass is 19.2. The van der Waals surface area contributed by atoms with Crippen molar-refractivity contribution in [1.29, 1.82) is 0 Å². The second kappa shape index (κ2) is 12.0. The number of nitrogens with two attached hydrogens (primary N) is 1. The molecule has 1 aliphatic rings. The average Bonchev–Trinajstić information content (AvgIpc) is 2.93. The summed E-state index contributed by atoms with van der Waals surface area (Å²) in [7, 11) is 1.55. The van der Waals surface area contributed by atoms with E-state index in [9.17, 15) is 28.2 Å². The van der Waals surface area contributed by atoms with Crippen molar-refractivity contribution >= 4 is 16.9 Å². The topological polar surface area (TPSA) is 109 Å². The molecule has 4 rings (SSSR count). The second-order valence-electron chi connectivity index (χ2n) is 9.75. The number of aromatic nitrogens is 1. The number of ether oxygens (including phenoxy) is 1. The molecule has 4 N–H and O–H groups in total. The minimum absolute atomic E-state index is 0.165. The highest BCUT2D eigenvalue weighted by Crippen LogP contribution is 2.40. The zero-order valence-electron chi connectivity index (χ0n) is 21.5. The van der Waals surface area contributed by atoms with Gasteiger partial charge in [-0.05, 0) is 61.1 Å². The van der Waals surface area contributed by atoms with Gasteiger partial charge in [-0.2, -0.15) is 0 Å². The van der Waals surface area contributed by atoms with Gasteiger partial charge in [0.25, 0.3) is 0 Å². The normalized spacial score (nSPS) is 15.9.